The number of nitro benzene ring substituents is 1. The van der Waals surface area contributed by atoms with Crippen LogP contribution in [0, 0.1) is 17.0 Å². The Balaban J connectivity index is 1.49. The maximum Gasteiger partial charge on any atom is 0.508 e. The SMILES string of the molecule is Cc1cn([C@H]2C[C@H](O)[C@@H](COC(=O)OCCc3ccccc3[N+](=O)[O-])O2)c(=O)[nH]c1=O. The summed E-state index contributed by atoms with van der Waals surface area (Å²) < 4.78 is 16.6. The summed E-state index contributed by atoms with van der Waals surface area (Å²) in [5, 5.41) is 21.1. The summed E-state index contributed by atoms with van der Waals surface area (Å²) in [6.07, 6.45) is -2.23. The number of hydrogen-bond donors (Lipinski definition) is 2. The molecule has 0 unspecified atom stereocenters. The van der Waals surface area contributed by atoms with E-state index < -0.39 is 40.8 Å². The van der Waals surface area contributed by atoms with Gasteiger partial charge in [0.15, 0.2) is 0 Å². The Kier molecular flexibility index (Phi) is 6.82. The molecule has 0 spiro atoms. The molecule has 1 aromatic heterocycles. The number of nitrogens with one attached hydrogen (secondary N) is 1. The Bertz CT molecular complexity index is 1080. The summed E-state index contributed by atoms with van der Waals surface area (Å²) in [6.45, 7) is 1.08. The number of rotatable bonds is 7. The van der Waals surface area contributed by atoms with Crippen LogP contribution in [-0.4, -0.2) is 51.2 Å². The van der Waals surface area contributed by atoms with E-state index >= 15 is 0 Å². The fourth-order valence-electron chi connectivity index (χ4n) is 3.17. The zero-order chi connectivity index (χ0) is 22.5. The van der Waals surface area contributed by atoms with Crippen molar-refractivity contribution in [3.63, 3.8) is 0 Å². The van der Waals surface area contributed by atoms with Crippen LogP contribution in [0.5, 0.6) is 0 Å². The first-order valence-corrected chi connectivity index (χ1v) is 9.43. The molecule has 0 amide bonds. The third-order valence-electron chi connectivity index (χ3n) is 4.81. The Morgan fingerprint density at radius 3 is 2.84 bits per heavy atom. The summed E-state index contributed by atoms with van der Waals surface area (Å²) in [5.41, 5.74) is -0.535. The minimum atomic E-state index is -1.02. The quantitative estimate of drug-likeness (QED) is 0.364. The smallest absolute Gasteiger partial charge is 0.434 e. The third kappa shape index (κ3) is 5.35. The normalized spacial score (nSPS) is 20.4. The van der Waals surface area contributed by atoms with Gasteiger partial charge in [0.2, 0.25) is 0 Å². The number of aliphatic hydroxyl groups is 1. The fraction of sp³-hybridized carbons (Fsp3) is 0.421. The lowest BCUT2D eigenvalue weighted by molar-refractivity contribution is -0.385. The molecule has 166 valence electrons. The van der Waals surface area contributed by atoms with Crippen molar-refractivity contribution in [2.24, 2.45) is 0 Å². The maximum atomic E-state index is 12.0. The average molecular weight is 435 g/mol. The summed E-state index contributed by atoms with van der Waals surface area (Å²) in [5.74, 6) is 0. The molecular weight excluding hydrogens is 414 g/mol. The lowest BCUT2D eigenvalue weighted by Crippen LogP contribution is -2.33. The number of aryl methyl sites for hydroxylation is 1. The zero-order valence-corrected chi connectivity index (χ0v) is 16.6. The van der Waals surface area contributed by atoms with Gasteiger partial charge in [-0.05, 0) is 6.92 Å². The van der Waals surface area contributed by atoms with Crippen molar-refractivity contribution in [2.45, 2.75) is 38.2 Å². The Hall–Kier alpha value is -3.51. The lowest BCUT2D eigenvalue weighted by Gasteiger charge is -2.16. The van der Waals surface area contributed by atoms with Crippen molar-refractivity contribution >= 4 is 11.8 Å². The van der Waals surface area contributed by atoms with Crippen molar-refractivity contribution in [3.8, 4) is 0 Å². The number of H-pyrrole nitrogens is 1. The van der Waals surface area contributed by atoms with Crippen molar-refractivity contribution in [2.75, 3.05) is 13.2 Å². The number of benzene rings is 1. The van der Waals surface area contributed by atoms with Gasteiger partial charge in [-0.15, -0.1) is 0 Å². The zero-order valence-electron chi connectivity index (χ0n) is 16.6. The minimum absolute atomic E-state index is 0.0616. The van der Waals surface area contributed by atoms with E-state index in [-0.39, 0.29) is 31.7 Å². The van der Waals surface area contributed by atoms with Crippen LogP contribution >= 0.6 is 0 Å². The first-order chi connectivity index (χ1) is 14.8. The third-order valence-corrected chi connectivity index (χ3v) is 4.81. The van der Waals surface area contributed by atoms with Gasteiger partial charge in [0.25, 0.3) is 11.2 Å². The van der Waals surface area contributed by atoms with Crippen LogP contribution in [0.4, 0.5) is 10.5 Å². The van der Waals surface area contributed by atoms with E-state index in [0.29, 0.717) is 11.1 Å². The first-order valence-electron chi connectivity index (χ1n) is 9.43. The molecule has 2 N–H and O–H groups in total. The molecule has 2 heterocycles. The van der Waals surface area contributed by atoms with Gasteiger partial charge in [0.05, 0.1) is 17.6 Å². The van der Waals surface area contributed by atoms with Gasteiger partial charge in [-0.2, -0.15) is 0 Å². The lowest BCUT2D eigenvalue weighted by atomic mass is 10.1. The molecule has 1 aliphatic heterocycles. The van der Waals surface area contributed by atoms with E-state index in [1.165, 1.54) is 19.2 Å². The second-order valence-electron chi connectivity index (χ2n) is 6.96. The number of aliphatic hydroxyl groups excluding tert-OH is 1. The monoisotopic (exact) mass is 435 g/mol. The number of para-hydroxylation sites is 1. The molecule has 1 aromatic carbocycles. The number of ether oxygens (including phenoxy) is 3. The summed E-state index contributed by atoms with van der Waals surface area (Å²) >= 11 is 0. The molecular formula is C19H21N3O9. The Morgan fingerprint density at radius 1 is 1.35 bits per heavy atom. The van der Waals surface area contributed by atoms with Crippen molar-refractivity contribution in [3.05, 3.63) is 72.5 Å². The predicted octanol–water partition coefficient (Wildman–Crippen LogP) is 0.798. The number of nitrogens with zero attached hydrogens (tertiary/aromatic N) is 2. The number of hydrogen-bond acceptors (Lipinski definition) is 9. The van der Waals surface area contributed by atoms with E-state index in [4.69, 9.17) is 14.2 Å². The number of aromatic nitrogens is 2. The number of nitro groups is 1. The van der Waals surface area contributed by atoms with Gasteiger partial charge >= 0.3 is 11.8 Å². The van der Waals surface area contributed by atoms with Crippen LogP contribution in [0.15, 0.2) is 40.1 Å². The van der Waals surface area contributed by atoms with Crippen LogP contribution in [0.2, 0.25) is 0 Å². The minimum Gasteiger partial charge on any atom is -0.434 e. The van der Waals surface area contributed by atoms with Gasteiger partial charge in [-0.25, -0.2) is 9.59 Å². The molecule has 12 heteroatoms. The van der Waals surface area contributed by atoms with Crippen LogP contribution in [-0.2, 0) is 20.6 Å². The topological polar surface area (TPSA) is 163 Å². The van der Waals surface area contributed by atoms with Crippen molar-refractivity contribution in [1.82, 2.24) is 9.55 Å². The largest absolute Gasteiger partial charge is 0.508 e. The van der Waals surface area contributed by atoms with E-state index in [0.717, 1.165) is 4.57 Å². The Labute approximate surface area is 175 Å². The molecule has 12 nitrogen and oxygen atoms in total. The van der Waals surface area contributed by atoms with Crippen LogP contribution in [0.3, 0.4) is 0 Å². The standard InChI is InChI=1S/C19H21N3O9/c1-11-9-21(18(25)20-17(11)24)16-8-14(23)15(31-16)10-30-19(26)29-7-6-12-4-2-3-5-13(12)22(27)28/h2-5,9,14-16,23H,6-8,10H2,1H3,(H,20,24,25)/t14-,15+,16+/m0/s1. The molecule has 0 bridgehead atoms. The van der Waals surface area contributed by atoms with E-state index in [9.17, 15) is 29.6 Å². The van der Waals surface area contributed by atoms with Gasteiger partial charge < -0.3 is 19.3 Å². The van der Waals surface area contributed by atoms with Crippen LogP contribution in [0.25, 0.3) is 0 Å². The van der Waals surface area contributed by atoms with Gasteiger partial charge in [-0.3, -0.25) is 24.5 Å². The van der Waals surface area contributed by atoms with Gasteiger partial charge in [0.1, 0.15) is 18.9 Å². The summed E-state index contributed by atoms with van der Waals surface area (Å²) in [7, 11) is 0. The molecule has 3 atom stereocenters. The molecule has 1 aliphatic rings. The molecule has 31 heavy (non-hydrogen) atoms. The molecule has 0 saturated carbocycles. The average Bonchev–Trinajstić information content (AvgIpc) is 3.09. The molecule has 0 radical (unpaired) electrons. The summed E-state index contributed by atoms with van der Waals surface area (Å²) in [4.78, 5) is 47.8. The highest BCUT2D eigenvalue weighted by atomic mass is 16.7. The van der Waals surface area contributed by atoms with E-state index in [1.54, 1.807) is 18.2 Å². The number of carbonyl (C=O) groups is 1. The molecule has 3 rings (SSSR count). The second-order valence-corrected chi connectivity index (χ2v) is 6.96. The predicted molar refractivity (Wildman–Crippen MR) is 105 cm³/mol. The highest BCUT2D eigenvalue weighted by Crippen LogP contribution is 2.28. The van der Waals surface area contributed by atoms with Crippen molar-refractivity contribution < 1.29 is 29.0 Å². The number of carbonyl (C=O) groups excluding carboxylic acids is 1. The fourth-order valence-corrected chi connectivity index (χ4v) is 3.17. The highest BCUT2D eigenvalue weighted by molar-refractivity contribution is 5.59. The molecule has 0 aliphatic carbocycles. The molecule has 2 aromatic rings. The van der Waals surface area contributed by atoms with Crippen LogP contribution in [0.1, 0.15) is 23.8 Å². The van der Waals surface area contributed by atoms with Gasteiger partial charge in [0, 0.05) is 36.2 Å². The number of aromatic amines is 1. The van der Waals surface area contributed by atoms with Crippen LogP contribution < -0.4 is 11.2 Å². The Morgan fingerprint density at radius 2 is 2.10 bits per heavy atom. The van der Waals surface area contributed by atoms with Gasteiger partial charge in [-0.1, -0.05) is 18.2 Å². The molecule has 1 fully saturated rings. The first kappa shape index (κ1) is 22.2. The highest BCUT2D eigenvalue weighted by Gasteiger charge is 2.36. The second kappa shape index (κ2) is 9.53. The van der Waals surface area contributed by atoms with E-state index in [2.05, 4.69) is 4.98 Å². The van der Waals surface area contributed by atoms with Crippen molar-refractivity contribution in [1.29, 1.82) is 0 Å². The van der Waals surface area contributed by atoms with E-state index in [1.807, 2.05) is 0 Å². The summed E-state index contributed by atoms with van der Waals surface area (Å²) in [6, 6.07) is 6.11. The molecule has 1 saturated heterocycles. The maximum absolute atomic E-state index is 12.0.